The van der Waals surface area contributed by atoms with Gasteiger partial charge >= 0.3 is 0 Å². The molecule has 0 bridgehead atoms. The van der Waals surface area contributed by atoms with E-state index in [9.17, 15) is 4.79 Å². The topological polar surface area (TPSA) is 85.4 Å². The molecule has 7 nitrogen and oxygen atoms in total. The van der Waals surface area contributed by atoms with E-state index in [-0.39, 0.29) is 11.7 Å². The van der Waals surface area contributed by atoms with Crippen LogP contribution in [-0.2, 0) is 11.3 Å². The molecular weight excluding hydrogens is 396 g/mol. The Morgan fingerprint density at radius 2 is 1.86 bits per heavy atom. The van der Waals surface area contributed by atoms with Gasteiger partial charge in [-0.05, 0) is 29.8 Å². The molecule has 2 aromatic carbocycles. The highest BCUT2D eigenvalue weighted by Gasteiger charge is 2.09. The fourth-order valence-corrected chi connectivity index (χ4v) is 3.87. The maximum Gasteiger partial charge on any atom is 0.230 e. The summed E-state index contributed by atoms with van der Waals surface area (Å²) in [6.07, 6.45) is 0. The molecule has 0 saturated heterocycles. The Bertz CT molecular complexity index is 916. The van der Waals surface area contributed by atoms with Gasteiger partial charge in [0.05, 0.1) is 20.0 Å². The molecule has 3 rings (SSSR count). The van der Waals surface area contributed by atoms with E-state index in [1.54, 1.807) is 14.2 Å². The Balaban J connectivity index is 1.44. The first-order chi connectivity index (χ1) is 13.7. The Labute approximate surface area is 171 Å². The molecule has 0 radical (unpaired) electrons. The molecule has 0 saturated carbocycles. The Morgan fingerprint density at radius 3 is 2.61 bits per heavy atom. The lowest BCUT2D eigenvalue weighted by atomic mass is 10.2. The quantitative estimate of drug-likeness (QED) is 0.514. The van der Waals surface area contributed by atoms with Crippen LogP contribution in [0.25, 0.3) is 0 Å². The molecule has 0 fully saturated rings. The second kappa shape index (κ2) is 9.95. The summed E-state index contributed by atoms with van der Waals surface area (Å²) < 4.78 is 11.0. The van der Waals surface area contributed by atoms with Gasteiger partial charge in [0, 0.05) is 18.3 Å². The smallest absolute Gasteiger partial charge is 0.230 e. The van der Waals surface area contributed by atoms with Gasteiger partial charge in [-0.15, -0.1) is 10.2 Å². The van der Waals surface area contributed by atoms with Crippen LogP contribution < -0.4 is 20.1 Å². The average molecular weight is 417 g/mol. The first kappa shape index (κ1) is 20.0. The zero-order valence-corrected chi connectivity index (χ0v) is 17.1. The van der Waals surface area contributed by atoms with Crippen LogP contribution in [0.5, 0.6) is 11.5 Å². The number of benzene rings is 2. The second-order valence-electron chi connectivity index (χ2n) is 5.64. The minimum Gasteiger partial charge on any atom is -0.497 e. The maximum absolute atomic E-state index is 12.1. The number of methoxy groups -OCH3 is 2. The van der Waals surface area contributed by atoms with Crippen molar-refractivity contribution in [1.29, 1.82) is 0 Å². The Kier molecular flexibility index (Phi) is 7.10. The van der Waals surface area contributed by atoms with Crippen molar-refractivity contribution < 1.29 is 14.3 Å². The van der Waals surface area contributed by atoms with E-state index >= 15 is 0 Å². The van der Waals surface area contributed by atoms with Crippen molar-refractivity contribution in [3.05, 3.63) is 54.1 Å². The van der Waals surface area contributed by atoms with Gasteiger partial charge in [-0.1, -0.05) is 41.3 Å². The van der Waals surface area contributed by atoms with Gasteiger partial charge in [-0.3, -0.25) is 4.79 Å². The summed E-state index contributed by atoms with van der Waals surface area (Å²) in [5.41, 5.74) is 1.88. The van der Waals surface area contributed by atoms with Crippen molar-refractivity contribution in [2.24, 2.45) is 0 Å². The van der Waals surface area contributed by atoms with Crippen molar-refractivity contribution >= 4 is 39.8 Å². The highest BCUT2D eigenvalue weighted by Crippen LogP contribution is 2.28. The highest BCUT2D eigenvalue weighted by molar-refractivity contribution is 8.01. The number of rotatable bonds is 9. The van der Waals surface area contributed by atoms with Gasteiger partial charge < -0.3 is 20.1 Å². The molecule has 2 N–H and O–H groups in total. The van der Waals surface area contributed by atoms with Crippen LogP contribution in [0.1, 0.15) is 5.56 Å². The summed E-state index contributed by atoms with van der Waals surface area (Å²) in [7, 11) is 3.25. The van der Waals surface area contributed by atoms with E-state index in [4.69, 9.17) is 9.47 Å². The van der Waals surface area contributed by atoms with Crippen LogP contribution in [0.2, 0.25) is 0 Å². The molecule has 1 aromatic heterocycles. The maximum atomic E-state index is 12.1. The Morgan fingerprint density at radius 1 is 1.07 bits per heavy atom. The van der Waals surface area contributed by atoms with Gasteiger partial charge in [0.15, 0.2) is 4.34 Å². The van der Waals surface area contributed by atoms with Crippen molar-refractivity contribution in [2.75, 3.05) is 25.3 Å². The van der Waals surface area contributed by atoms with E-state index in [2.05, 4.69) is 20.8 Å². The molecule has 1 amide bonds. The van der Waals surface area contributed by atoms with Gasteiger partial charge in [-0.2, -0.15) is 0 Å². The fourth-order valence-electron chi connectivity index (χ4n) is 2.27. The number of hydrogen-bond donors (Lipinski definition) is 2. The summed E-state index contributed by atoms with van der Waals surface area (Å²) in [5, 5.41) is 15.0. The number of amides is 1. The van der Waals surface area contributed by atoms with Crippen LogP contribution in [0.3, 0.4) is 0 Å². The van der Waals surface area contributed by atoms with Crippen molar-refractivity contribution in [1.82, 2.24) is 15.5 Å². The molecule has 0 spiro atoms. The van der Waals surface area contributed by atoms with Crippen LogP contribution in [0, 0.1) is 0 Å². The molecule has 0 unspecified atom stereocenters. The number of aromatic nitrogens is 2. The average Bonchev–Trinajstić information content (AvgIpc) is 3.18. The molecule has 28 heavy (non-hydrogen) atoms. The van der Waals surface area contributed by atoms with Crippen molar-refractivity contribution in [2.45, 2.75) is 10.9 Å². The van der Waals surface area contributed by atoms with E-state index in [0.717, 1.165) is 27.1 Å². The highest BCUT2D eigenvalue weighted by atomic mass is 32.2. The van der Waals surface area contributed by atoms with Crippen molar-refractivity contribution in [3.8, 4) is 11.5 Å². The monoisotopic (exact) mass is 416 g/mol. The fraction of sp³-hybridized carbons (Fsp3) is 0.211. The van der Waals surface area contributed by atoms with E-state index in [1.807, 2.05) is 48.5 Å². The van der Waals surface area contributed by atoms with Crippen molar-refractivity contribution in [3.63, 3.8) is 0 Å². The first-order valence-electron chi connectivity index (χ1n) is 8.43. The third-order valence-corrected chi connectivity index (χ3v) is 5.67. The lowest BCUT2D eigenvalue weighted by Crippen LogP contribution is -2.24. The minimum absolute atomic E-state index is 0.0571. The predicted molar refractivity (Wildman–Crippen MR) is 112 cm³/mol. The van der Waals surface area contributed by atoms with E-state index < -0.39 is 0 Å². The van der Waals surface area contributed by atoms with Crippen LogP contribution >= 0.6 is 23.1 Å². The number of ether oxygens (including phenoxy) is 2. The first-order valence-corrected chi connectivity index (χ1v) is 10.2. The zero-order chi connectivity index (χ0) is 19.8. The molecule has 0 aliphatic heterocycles. The largest absolute Gasteiger partial charge is 0.497 e. The third kappa shape index (κ3) is 5.86. The molecule has 0 aliphatic rings. The van der Waals surface area contributed by atoms with Gasteiger partial charge in [0.1, 0.15) is 11.5 Å². The third-order valence-electron chi connectivity index (χ3n) is 3.70. The summed E-state index contributed by atoms with van der Waals surface area (Å²) in [5.74, 6) is 1.78. The molecule has 1 heterocycles. The number of nitrogens with one attached hydrogen (secondary N) is 2. The molecule has 0 aliphatic carbocycles. The van der Waals surface area contributed by atoms with Gasteiger partial charge in [0.2, 0.25) is 11.0 Å². The van der Waals surface area contributed by atoms with E-state index in [1.165, 1.54) is 23.1 Å². The van der Waals surface area contributed by atoms with Crippen LogP contribution in [-0.4, -0.2) is 36.1 Å². The summed E-state index contributed by atoms with van der Waals surface area (Å²) >= 11 is 2.75. The summed E-state index contributed by atoms with van der Waals surface area (Å²) in [6.45, 7) is 0.474. The number of thioether (sulfide) groups is 1. The standard InChI is InChI=1S/C19H20N4O3S2/c1-25-15-8-6-13(7-9-15)11-20-17(24)12-27-19-23-22-18(28-19)21-14-4-3-5-16(10-14)26-2/h3-10H,11-12H2,1-2H3,(H,20,24)(H,21,22). The van der Waals surface area contributed by atoms with Gasteiger partial charge in [0.25, 0.3) is 0 Å². The summed E-state index contributed by atoms with van der Waals surface area (Å²) in [4.78, 5) is 12.1. The van der Waals surface area contributed by atoms with E-state index in [0.29, 0.717) is 11.7 Å². The van der Waals surface area contributed by atoms with Gasteiger partial charge in [-0.25, -0.2) is 0 Å². The molecular formula is C19H20N4O3S2. The SMILES string of the molecule is COc1ccc(CNC(=O)CSc2nnc(Nc3cccc(OC)c3)s2)cc1. The summed E-state index contributed by atoms with van der Waals surface area (Å²) in [6, 6.07) is 15.1. The zero-order valence-electron chi connectivity index (χ0n) is 15.5. The number of nitrogens with zero attached hydrogens (tertiary/aromatic N) is 2. The lowest BCUT2D eigenvalue weighted by Gasteiger charge is -2.05. The molecule has 146 valence electrons. The number of hydrogen-bond acceptors (Lipinski definition) is 8. The predicted octanol–water partition coefficient (Wildman–Crippen LogP) is 3.71. The Hall–Kier alpha value is -2.78. The molecule has 9 heteroatoms. The minimum atomic E-state index is -0.0571. The second-order valence-corrected chi connectivity index (χ2v) is 7.84. The number of carbonyl (C=O) groups excluding carboxylic acids is 1. The molecule has 3 aromatic rings. The lowest BCUT2D eigenvalue weighted by molar-refractivity contribution is -0.118. The van der Waals surface area contributed by atoms with Crippen LogP contribution in [0.15, 0.2) is 52.9 Å². The number of anilines is 2. The number of carbonyl (C=O) groups is 1. The molecule has 0 atom stereocenters. The van der Waals surface area contributed by atoms with Crippen LogP contribution in [0.4, 0.5) is 10.8 Å². The normalized spacial score (nSPS) is 10.4.